The van der Waals surface area contributed by atoms with Crippen molar-refractivity contribution < 1.29 is 8.78 Å². The Labute approximate surface area is 111 Å². The summed E-state index contributed by atoms with van der Waals surface area (Å²) in [6.07, 6.45) is 4.66. The number of nitrogens with two attached hydrogens (primary N) is 1. The zero-order valence-electron chi connectivity index (χ0n) is 10.9. The largest absolute Gasteiger partial charge is 0.356 e. The second kappa shape index (κ2) is 4.40. The van der Waals surface area contributed by atoms with E-state index in [1.165, 1.54) is 6.42 Å². The van der Waals surface area contributed by atoms with Gasteiger partial charge in [0.1, 0.15) is 5.82 Å². The monoisotopic (exact) mass is 267 g/mol. The molecule has 1 aromatic rings. The van der Waals surface area contributed by atoms with Crippen molar-refractivity contribution >= 4 is 5.82 Å². The van der Waals surface area contributed by atoms with Crippen LogP contribution in [0.4, 0.5) is 14.6 Å². The molecule has 0 aromatic carbocycles. The molecule has 0 unspecified atom stereocenters. The molecule has 3 nitrogen and oxygen atoms in total. The summed E-state index contributed by atoms with van der Waals surface area (Å²) in [4.78, 5) is 6.58. The Morgan fingerprint density at radius 1 is 1.16 bits per heavy atom. The number of aromatic nitrogens is 1. The Kier molecular flexibility index (Phi) is 2.96. The highest BCUT2D eigenvalue weighted by Crippen LogP contribution is 2.51. The SMILES string of the molecule is NC1(c2cccnc2N2CCCCC2)CC(F)(F)C1. The lowest BCUT2D eigenvalue weighted by atomic mass is 9.69. The van der Waals surface area contributed by atoms with Gasteiger partial charge in [-0.05, 0) is 25.3 Å². The molecule has 3 rings (SSSR count). The van der Waals surface area contributed by atoms with E-state index in [0.717, 1.165) is 37.3 Å². The molecular formula is C14H19F2N3. The number of hydrogen-bond donors (Lipinski definition) is 1. The Morgan fingerprint density at radius 3 is 2.47 bits per heavy atom. The normalized spacial score (nSPS) is 24.9. The first kappa shape index (κ1) is 12.8. The molecule has 0 bridgehead atoms. The highest BCUT2D eigenvalue weighted by atomic mass is 19.3. The first-order valence-corrected chi connectivity index (χ1v) is 6.87. The van der Waals surface area contributed by atoms with Crippen molar-refractivity contribution in [3.63, 3.8) is 0 Å². The maximum atomic E-state index is 13.2. The zero-order chi connectivity index (χ0) is 13.5. The zero-order valence-corrected chi connectivity index (χ0v) is 10.9. The molecule has 1 aromatic heterocycles. The predicted octanol–water partition coefficient (Wildman–Crippen LogP) is 2.66. The van der Waals surface area contributed by atoms with Gasteiger partial charge >= 0.3 is 0 Å². The third-order valence-corrected chi connectivity index (χ3v) is 4.13. The number of rotatable bonds is 2. The van der Waals surface area contributed by atoms with Gasteiger partial charge in [-0.1, -0.05) is 6.07 Å². The van der Waals surface area contributed by atoms with Gasteiger partial charge in [-0.15, -0.1) is 0 Å². The Morgan fingerprint density at radius 2 is 1.84 bits per heavy atom. The number of pyridine rings is 1. The van der Waals surface area contributed by atoms with E-state index >= 15 is 0 Å². The molecule has 0 spiro atoms. The molecule has 1 saturated carbocycles. The first-order chi connectivity index (χ1) is 9.00. The lowest BCUT2D eigenvalue weighted by Gasteiger charge is -2.46. The van der Waals surface area contributed by atoms with Gasteiger partial charge in [-0.3, -0.25) is 0 Å². The Bertz CT molecular complexity index is 462. The summed E-state index contributed by atoms with van der Waals surface area (Å²) in [5, 5.41) is 0. The third kappa shape index (κ3) is 2.31. The maximum Gasteiger partial charge on any atom is 0.252 e. The minimum atomic E-state index is -2.62. The van der Waals surface area contributed by atoms with Crippen LogP contribution in [0.1, 0.15) is 37.7 Å². The van der Waals surface area contributed by atoms with E-state index in [9.17, 15) is 8.78 Å². The highest BCUT2D eigenvalue weighted by molar-refractivity contribution is 5.52. The lowest BCUT2D eigenvalue weighted by molar-refractivity contribution is -0.124. The minimum absolute atomic E-state index is 0.271. The van der Waals surface area contributed by atoms with Crippen LogP contribution in [-0.4, -0.2) is 24.0 Å². The molecule has 104 valence electrons. The molecule has 1 aliphatic carbocycles. The minimum Gasteiger partial charge on any atom is -0.356 e. The van der Waals surface area contributed by atoms with Crippen LogP contribution < -0.4 is 10.6 Å². The van der Waals surface area contributed by atoms with E-state index in [-0.39, 0.29) is 12.8 Å². The van der Waals surface area contributed by atoms with E-state index in [2.05, 4.69) is 9.88 Å². The van der Waals surface area contributed by atoms with Crippen LogP contribution in [0.15, 0.2) is 18.3 Å². The van der Waals surface area contributed by atoms with Crippen molar-refractivity contribution in [1.82, 2.24) is 4.98 Å². The second-order valence-electron chi connectivity index (χ2n) is 5.79. The second-order valence-corrected chi connectivity index (χ2v) is 5.79. The molecule has 2 heterocycles. The fourth-order valence-corrected chi connectivity index (χ4v) is 3.21. The van der Waals surface area contributed by atoms with Crippen molar-refractivity contribution in [3.05, 3.63) is 23.9 Å². The van der Waals surface area contributed by atoms with Crippen LogP contribution in [-0.2, 0) is 5.54 Å². The molecule has 2 fully saturated rings. The molecule has 2 N–H and O–H groups in total. The lowest BCUT2D eigenvalue weighted by Crippen LogP contribution is -2.56. The summed E-state index contributed by atoms with van der Waals surface area (Å²) in [6, 6.07) is 3.64. The van der Waals surface area contributed by atoms with Crippen molar-refractivity contribution in [2.24, 2.45) is 5.73 Å². The van der Waals surface area contributed by atoms with Gasteiger partial charge in [0, 0.05) is 37.7 Å². The van der Waals surface area contributed by atoms with Crippen LogP contribution >= 0.6 is 0 Å². The van der Waals surface area contributed by atoms with Crippen molar-refractivity contribution in [2.45, 2.75) is 43.6 Å². The highest BCUT2D eigenvalue weighted by Gasteiger charge is 2.56. The molecule has 1 saturated heterocycles. The third-order valence-electron chi connectivity index (χ3n) is 4.13. The molecule has 0 atom stereocenters. The van der Waals surface area contributed by atoms with Gasteiger partial charge in [0.25, 0.3) is 5.92 Å². The first-order valence-electron chi connectivity index (χ1n) is 6.87. The van der Waals surface area contributed by atoms with E-state index in [4.69, 9.17) is 5.73 Å². The summed E-state index contributed by atoms with van der Waals surface area (Å²) < 4.78 is 26.4. The van der Waals surface area contributed by atoms with Gasteiger partial charge in [-0.2, -0.15) is 0 Å². The van der Waals surface area contributed by atoms with Crippen molar-refractivity contribution in [3.8, 4) is 0 Å². The summed E-state index contributed by atoms with van der Waals surface area (Å²) in [5.74, 6) is -1.82. The van der Waals surface area contributed by atoms with E-state index < -0.39 is 11.5 Å². The number of halogens is 2. The van der Waals surface area contributed by atoms with Gasteiger partial charge in [0.15, 0.2) is 0 Å². The van der Waals surface area contributed by atoms with E-state index in [0.29, 0.717) is 0 Å². The predicted molar refractivity (Wildman–Crippen MR) is 70.3 cm³/mol. The van der Waals surface area contributed by atoms with E-state index in [1.54, 1.807) is 12.3 Å². The van der Waals surface area contributed by atoms with Crippen LogP contribution in [0.5, 0.6) is 0 Å². The summed E-state index contributed by atoms with van der Waals surface area (Å²) in [6.45, 7) is 1.88. The van der Waals surface area contributed by atoms with Crippen LogP contribution in [0, 0.1) is 0 Å². The average Bonchev–Trinajstić information content (AvgIpc) is 2.37. The van der Waals surface area contributed by atoms with E-state index in [1.807, 2.05) is 6.07 Å². The topological polar surface area (TPSA) is 42.1 Å². The quantitative estimate of drug-likeness (QED) is 0.895. The number of piperidine rings is 1. The number of hydrogen-bond acceptors (Lipinski definition) is 3. The summed E-state index contributed by atoms with van der Waals surface area (Å²) in [7, 11) is 0. The standard InChI is InChI=1S/C14H19F2N3/c15-14(16)9-13(17,10-14)11-5-4-6-18-12(11)19-7-2-1-3-8-19/h4-6H,1-3,7-10,17H2. The molecule has 19 heavy (non-hydrogen) atoms. The van der Waals surface area contributed by atoms with Gasteiger partial charge in [0.2, 0.25) is 0 Å². The number of nitrogens with zero attached hydrogens (tertiary/aromatic N) is 2. The fraction of sp³-hybridized carbons (Fsp3) is 0.643. The van der Waals surface area contributed by atoms with Crippen LogP contribution in [0.3, 0.4) is 0 Å². The number of anilines is 1. The van der Waals surface area contributed by atoms with Gasteiger partial charge in [0.05, 0.1) is 5.54 Å². The smallest absolute Gasteiger partial charge is 0.252 e. The molecule has 5 heteroatoms. The van der Waals surface area contributed by atoms with Crippen molar-refractivity contribution in [2.75, 3.05) is 18.0 Å². The molecule has 1 aliphatic heterocycles. The van der Waals surface area contributed by atoms with Crippen LogP contribution in [0.25, 0.3) is 0 Å². The van der Waals surface area contributed by atoms with Gasteiger partial charge in [-0.25, -0.2) is 13.8 Å². The van der Waals surface area contributed by atoms with Crippen LogP contribution in [0.2, 0.25) is 0 Å². The summed E-state index contributed by atoms with van der Waals surface area (Å²) in [5.41, 5.74) is 6.03. The molecule has 0 radical (unpaired) electrons. The number of alkyl halides is 2. The molecular weight excluding hydrogens is 248 g/mol. The Balaban J connectivity index is 1.89. The molecule has 0 amide bonds. The maximum absolute atomic E-state index is 13.2. The average molecular weight is 267 g/mol. The van der Waals surface area contributed by atoms with Crippen molar-refractivity contribution in [1.29, 1.82) is 0 Å². The fourth-order valence-electron chi connectivity index (χ4n) is 3.21. The van der Waals surface area contributed by atoms with Gasteiger partial charge < -0.3 is 10.6 Å². The Hall–Kier alpha value is -1.23. The summed E-state index contributed by atoms with van der Waals surface area (Å²) >= 11 is 0. The molecule has 2 aliphatic rings.